The van der Waals surface area contributed by atoms with E-state index in [-0.39, 0.29) is 12.1 Å². The fourth-order valence-corrected chi connectivity index (χ4v) is 2.62. The quantitative estimate of drug-likeness (QED) is 0.613. The van der Waals surface area contributed by atoms with Crippen LogP contribution in [0.5, 0.6) is 0 Å². The number of hydrogen-bond donors (Lipinski definition) is 0. The molecule has 0 spiro atoms. The van der Waals surface area contributed by atoms with Crippen LogP contribution < -0.4 is 0 Å². The second kappa shape index (κ2) is 6.33. The molecule has 1 atom stereocenters. The van der Waals surface area contributed by atoms with Crippen LogP contribution in [-0.2, 0) is 10.9 Å². The molecule has 0 amide bonds. The molecule has 0 aliphatic heterocycles. The van der Waals surface area contributed by atoms with E-state index in [0.29, 0.717) is 5.56 Å². The Hall–Kier alpha value is -0.880. The average molecular weight is 264 g/mol. The molecule has 0 saturated heterocycles. The highest BCUT2D eigenvalue weighted by molar-refractivity contribution is 7.15. The predicted octanol–water partition coefficient (Wildman–Crippen LogP) is 3.80. The summed E-state index contributed by atoms with van der Waals surface area (Å²) in [6, 6.07) is 7.67. The van der Waals surface area contributed by atoms with Gasteiger partial charge in [0.2, 0.25) is 0 Å². The third-order valence-corrected chi connectivity index (χ3v) is 4.13. The van der Waals surface area contributed by atoms with Gasteiger partial charge >= 0.3 is 5.97 Å². The van der Waals surface area contributed by atoms with Gasteiger partial charge in [0.15, 0.2) is 0 Å². The lowest BCUT2D eigenvalue weighted by atomic mass is 9.89. The summed E-state index contributed by atoms with van der Waals surface area (Å²) in [6.45, 7) is 2.26. The van der Waals surface area contributed by atoms with Gasteiger partial charge in [-0.15, -0.1) is 9.24 Å². The molecular formula is C15H21O2P. The molecule has 1 aromatic carbocycles. The molecule has 3 heteroatoms. The van der Waals surface area contributed by atoms with Crippen molar-refractivity contribution >= 4 is 15.2 Å². The molecule has 1 aromatic rings. The van der Waals surface area contributed by atoms with Gasteiger partial charge in [-0.3, -0.25) is 0 Å². The van der Waals surface area contributed by atoms with Gasteiger partial charge in [-0.05, 0) is 55.5 Å². The van der Waals surface area contributed by atoms with Crippen molar-refractivity contribution in [2.45, 2.75) is 44.9 Å². The molecule has 1 saturated carbocycles. The van der Waals surface area contributed by atoms with Crippen LogP contribution in [0.2, 0.25) is 0 Å². The van der Waals surface area contributed by atoms with E-state index < -0.39 is 0 Å². The third-order valence-electron chi connectivity index (χ3n) is 3.66. The van der Waals surface area contributed by atoms with Gasteiger partial charge in [-0.2, -0.15) is 0 Å². The molecule has 0 aromatic heterocycles. The maximum absolute atomic E-state index is 12.0. The minimum atomic E-state index is -0.176. The fourth-order valence-electron chi connectivity index (χ4n) is 2.34. The Bertz CT molecular complexity index is 391. The van der Waals surface area contributed by atoms with Crippen molar-refractivity contribution in [2.75, 3.05) is 0 Å². The minimum absolute atomic E-state index is 0.120. The summed E-state index contributed by atoms with van der Waals surface area (Å²) in [5.41, 5.74) is 1.87. The average Bonchev–Trinajstić information content (AvgIpc) is 2.41. The van der Waals surface area contributed by atoms with Gasteiger partial charge < -0.3 is 4.74 Å². The Labute approximate surface area is 111 Å². The molecule has 98 valence electrons. The van der Waals surface area contributed by atoms with Crippen LogP contribution in [0.25, 0.3) is 0 Å². The van der Waals surface area contributed by atoms with E-state index in [4.69, 9.17) is 4.74 Å². The molecule has 2 nitrogen and oxygen atoms in total. The van der Waals surface area contributed by atoms with Gasteiger partial charge in [-0.1, -0.05) is 19.1 Å². The first-order valence-corrected chi connectivity index (χ1v) is 7.50. The molecule has 1 fully saturated rings. The van der Waals surface area contributed by atoms with E-state index in [1.807, 2.05) is 24.3 Å². The van der Waals surface area contributed by atoms with Gasteiger partial charge in [-0.25, -0.2) is 4.79 Å². The van der Waals surface area contributed by atoms with Crippen LogP contribution in [-0.4, -0.2) is 12.1 Å². The van der Waals surface area contributed by atoms with Crippen molar-refractivity contribution in [3.05, 3.63) is 35.4 Å². The van der Waals surface area contributed by atoms with Crippen molar-refractivity contribution in [3.63, 3.8) is 0 Å². The lowest BCUT2D eigenvalue weighted by Crippen LogP contribution is -2.23. The van der Waals surface area contributed by atoms with Crippen molar-refractivity contribution in [3.8, 4) is 0 Å². The molecule has 0 bridgehead atoms. The summed E-state index contributed by atoms with van der Waals surface area (Å²) in [7, 11) is 2.68. The van der Waals surface area contributed by atoms with Gasteiger partial charge in [0.1, 0.15) is 6.10 Å². The largest absolute Gasteiger partial charge is 0.459 e. The predicted molar refractivity (Wildman–Crippen MR) is 76.7 cm³/mol. The molecular weight excluding hydrogens is 243 g/mol. The molecule has 1 aliphatic rings. The Morgan fingerprint density at radius 2 is 1.83 bits per heavy atom. The number of carbonyl (C=O) groups is 1. The minimum Gasteiger partial charge on any atom is -0.459 e. The first-order chi connectivity index (χ1) is 8.69. The highest BCUT2D eigenvalue weighted by Gasteiger charge is 2.21. The number of ether oxygens (including phenoxy) is 1. The molecule has 1 unspecified atom stereocenters. The maximum Gasteiger partial charge on any atom is 0.338 e. The molecule has 0 radical (unpaired) electrons. The second-order valence-electron chi connectivity index (χ2n) is 5.19. The number of benzene rings is 1. The highest BCUT2D eigenvalue weighted by atomic mass is 31.0. The lowest BCUT2D eigenvalue weighted by Gasteiger charge is -2.25. The Balaban J connectivity index is 1.90. The first kappa shape index (κ1) is 13.5. The topological polar surface area (TPSA) is 26.3 Å². The van der Waals surface area contributed by atoms with E-state index in [2.05, 4.69) is 16.2 Å². The summed E-state index contributed by atoms with van der Waals surface area (Å²) in [5.74, 6) is 0.603. The van der Waals surface area contributed by atoms with E-state index in [1.54, 1.807) is 0 Å². The molecule has 1 aliphatic carbocycles. The zero-order valence-electron chi connectivity index (χ0n) is 10.9. The van der Waals surface area contributed by atoms with Crippen molar-refractivity contribution in [1.29, 1.82) is 0 Å². The number of carbonyl (C=O) groups excluding carboxylic acids is 1. The smallest absolute Gasteiger partial charge is 0.338 e. The number of rotatable bonds is 3. The monoisotopic (exact) mass is 264 g/mol. The van der Waals surface area contributed by atoms with E-state index in [9.17, 15) is 4.79 Å². The molecule has 0 heterocycles. The normalized spacial score (nSPS) is 23.7. The number of hydrogen-bond acceptors (Lipinski definition) is 2. The van der Waals surface area contributed by atoms with Crippen molar-refractivity contribution < 1.29 is 9.53 Å². The molecule has 0 N–H and O–H groups in total. The van der Waals surface area contributed by atoms with Crippen LogP contribution >= 0.6 is 9.24 Å². The summed E-state index contributed by atoms with van der Waals surface area (Å²) in [4.78, 5) is 12.0. The second-order valence-corrected chi connectivity index (χ2v) is 5.60. The standard InChI is InChI=1S/C15H21O2P/c1-11-2-8-14(9-3-11)17-15(16)13-6-4-12(10-18)5-7-13/h4-7,11,14H,2-3,8-10,18H2,1H3. The van der Waals surface area contributed by atoms with Gasteiger partial charge in [0.25, 0.3) is 0 Å². The van der Waals surface area contributed by atoms with Gasteiger partial charge in [0, 0.05) is 0 Å². The van der Waals surface area contributed by atoms with Crippen molar-refractivity contribution in [1.82, 2.24) is 0 Å². The lowest BCUT2D eigenvalue weighted by molar-refractivity contribution is 0.0174. The zero-order chi connectivity index (χ0) is 13.0. The van der Waals surface area contributed by atoms with Crippen LogP contribution in [0.4, 0.5) is 0 Å². The molecule has 2 rings (SSSR count). The Morgan fingerprint density at radius 3 is 2.39 bits per heavy atom. The number of esters is 1. The Morgan fingerprint density at radius 1 is 1.22 bits per heavy atom. The zero-order valence-corrected chi connectivity index (χ0v) is 12.0. The van der Waals surface area contributed by atoms with E-state index in [0.717, 1.165) is 24.9 Å². The van der Waals surface area contributed by atoms with Crippen molar-refractivity contribution in [2.24, 2.45) is 5.92 Å². The van der Waals surface area contributed by atoms with Crippen LogP contribution in [0.15, 0.2) is 24.3 Å². The Kier molecular flexibility index (Phi) is 4.77. The van der Waals surface area contributed by atoms with Crippen LogP contribution in [0, 0.1) is 5.92 Å². The summed E-state index contributed by atoms with van der Waals surface area (Å²) < 4.78 is 5.56. The van der Waals surface area contributed by atoms with Crippen LogP contribution in [0.3, 0.4) is 0 Å². The van der Waals surface area contributed by atoms with Crippen LogP contribution in [0.1, 0.15) is 48.5 Å². The fraction of sp³-hybridized carbons (Fsp3) is 0.533. The maximum atomic E-state index is 12.0. The summed E-state index contributed by atoms with van der Waals surface area (Å²) >= 11 is 0. The van der Waals surface area contributed by atoms with Gasteiger partial charge in [0.05, 0.1) is 5.56 Å². The first-order valence-electron chi connectivity index (χ1n) is 6.69. The summed E-state index contributed by atoms with van der Waals surface area (Å²) in [6.07, 6.45) is 5.40. The highest BCUT2D eigenvalue weighted by Crippen LogP contribution is 2.26. The molecule has 18 heavy (non-hydrogen) atoms. The van der Waals surface area contributed by atoms with E-state index in [1.165, 1.54) is 18.4 Å². The third kappa shape index (κ3) is 3.55. The SMILES string of the molecule is CC1CCC(OC(=O)c2ccc(CP)cc2)CC1. The summed E-state index contributed by atoms with van der Waals surface area (Å²) in [5, 5.41) is 0. The van der Waals surface area contributed by atoms with E-state index >= 15 is 0 Å².